The first-order chi connectivity index (χ1) is 10.3. The molecule has 0 bridgehead atoms. The minimum atomic E-state index is -1.04. The summed E-state index contributed by atoms with van der Waals surface area (Å²) in [6.45, 7) is 11.1. The minimum absolute atomic E-state index is 0.0278. The topological polar surface area (TPSA) is 63.2 Å². The maximum Gasteiger partial charge on any atom is 0.305 e. The molecule has 0 saturated carbocycles. The van der Waals surface area contributed by atoms with Crippen LogP contribution < -0.4 is 0 Å². The summed E-state index contributed by atoms with van der Waals surface area (Å²) in [5, 5.41) is 0. The Balaban J connectivity index is 2.50. The quantitative estimate of drug-likeness (QED) is 0.609. The predicted molar refractivity (Wildman–Crippen MR) is 81.3 cm³/mol. The molecule has 0 amide bonds. The number of carbonyl (C=O) groups is 1. The summed E-state index contributed by atoms with van der Waals surface area (Å²) < 4.78 is 28.0. The molecule has 0 aromatic heterocycles. The van der Waals surface area contributed by atoms with Crippen LogP contribution in [0.3, 0.4) is 0 Å². The van der Waals surface area contributed by atoms with Crippen LogP contribution in [0, 0.1) is 5.92 Å². The molecule has 2 unspecified atom stereocenters. The molecule has 1 fully saturated rings. The molecule has 1 aliphatic heterocycles. The number of esters is 1. The van der Waals surface area contributed by atoms with Gasteiger partial charge in [-0.15, -0.1) is 0 Å². The zero-order chi connectivity index (χ0) is 16.6. The molecule has 130 valence electrons. The van der Waals surface area contributed by atoms with Gasteiger partial charge in [-0.05, 0) is 33.1 Å². The van der Waals surface area contributed by atoms with Crippen molar-refractivity contribution in [3.05, 3.63) is 0 Å². The molecule has 2 atom stereocenters. The summed E-state index contributed by atoms with van der Waals surface area (Å²) in [4.78, 5) is 11.8. The Hall–Kier alpha value is -0.690. The van der Waals surface area contributed by atoms with E-state index in [0.29, 0.717) is 25.6 Å². The Morgan fingerprint density at radius 2 is 1.82 bits per heavy atom. The highest BCUT2D eigenvalue weighted by Gasteiger charge is 2.44. The molecular weight excluding hydrogens is 288 g/mol. The van der Waals surface area contributed by atoms with Crippen LogP contribution in [0.25, 0.3) is 0 Å². The third-order valence-corrected chi connectivity index (χ3v) is 3.43. The van der Waals surface area contributed by atoms with Gasteiger partial charge in [-0.1, -0.05) is 13.8 Å². The van der Waals surface area contributed by atoms with Crippen molar-refractivity contribution >= 4 is 5.97 Å². The molecule has 1 saturated heterocycles. The monoisotopic (exact) mass is 318 g/mol. The van der Waals surface area contributed by atoms with E-state index in [1.807, 2.05) is 20.8 Å². The second-order valence-corrected chi connectivity index (χ2v) is 6.08. The van der Waals surface area contributed by atoms with Gasteiger partial charge in [0.15, 0.2) is 5.79 Å². The summed E-state index contributed by atoms with van der Waals surface area (Å²) >= 11 is 0. The zero-order valence-corrected chi connectivity index (χ0v) is 14.5. The van der Waals surface area contributed by atoms with E-state index in [-0.39, 0.29) is 25.8 Å². The van der Waals surface area contributed by atoms with Gasteiger partial charge >= 0.3 is 5.97 Å². The lowest BCUT2D eigenvalue weighted by Crippen LogP contribution is -2.57. The van der Waals surface area contributed by atoms with E-state index in [4.69, 9.17) is 23.7 Å². The predicted octanol–water partition coefficient (Wildman–Crippen LogP) is 2.50. The fourth-order valence-electron chi connectivity index (χ4n) is 2.14. The molecule has 1 rings (SSSR count). The summed E-state index contributed by atoms with van der Waals surface area (Å²) in [6.07, 6.45) is 1.21. The van der Waals surface area contributed by atoms with E-state index >= 15 is 0 Å². The van der Waals surface area contributed by atoms with Crippen molar-refractivity contribution in [1.29, 1.82) is 0 Å². The first-order valence-electron chi connectivity index (χ1n) is 8.06. The van der Waals surface area contributed by atoms with Gasteiger partial charge in [-0.3, -0.25) is 4.79 Å². The average molecular weight is 318 g/mol. The van der Waals surface area contributed by atoms with Crippen molar-refractivity contribution in [2.75, 3.05) is 33.0 Å². The highest BCUT2D eigenvalue weighted by Crippen LogP contribution is 2.28. The van der Waals surface area contributed by atoms with Crippen molar-refractivity contribution in [3.8, 4) is 0 Å². The first kappa shape index (κ1) is 19.4. The summed E-state index contributed by atoms with van der Waals surface area (Å²) in [7, 11) is 0. The minimum Gasteiger partial charge on any atom is -0.460 e. The largest absolute Gasteiger partial charge is 0.460 e. The Morgan fingerprint density at radius 3 is 2.32 bits per heavy atom. The van der Waals surface area contributed by atoms with E-state index in [9.17, 15) is 4.79 Å². The second kappa shape index (κ2) is 8.82. The molecule has 6 nitrogen and oxygen atoms in total. The van der Waals surface area contributed by atoms with E-state index in [2.05, 4.69) is 13.8 Å². The fraction of sp³-hybridized carbons (Fsp3) is 0.938. The van der Waals surface area contributed by atoms with E-state index < -0.39 is 11.6 Å². The second-order valence-electron chi connectivity index (χ2n) is 6.08. The van der Waals surface area contributed by atoms with Gasteiger partial charge < -0.3 is 23.7 Å². The Labute approximate surface area is 133 Å². The number of ether oxygens (including phenoxy) is 5. The van der Waals surface area contributed by atoms with E-state index in [1.165, 1.54) is 0 Å². The lowest BCUT2D eigenvalue weighted by atomic mass is 10.1. The standard InChI is InChI=1S/C16H30O6/c1-6-19-15(5)10-22-16(12-21-15,20-7-2)11-18-14(17)9-8-13(3)4/h13H,6-12H2,1-5H3. The van der Waals surface area contributed by atoms with Crippen molar-refractivity contribution in [1.82, 2.24) is 0 Å². The van der Waals surface area contributed by atoms with Gasteiger partial charge in [0.1, 0.15) is 19.8 Å². The zero-order valence-electron chi connectivity index (χ0n) is 14.5. The molecule has 0 aliphatic carbocycles. The molecule has 22 heavy (non-hydrogen) atoms. The normalized spacial score (nSPS) is 28.8. The molecule has 0 aromatic rings. The Bertz CT molecular complexity index is 334. The van der Waals surface area contributed by atoms with Crippen molar-refractivity contribution < 1.29 is 28.5 Å². The van der Waals surface area contributed by atoms with Crippen molar-refractivity contribution in [3.63, 3.8) is 0 Å². The van der Waals surface area contributed by atoms with Crippen LogP contribution in [0.4, 0.5) is 0 Å². The van der Waals surface area contributed by atoms with Gasteiger partial charge in [0.2, 0.25) is 5.79 Å². The van der Waals surface area contributed by atoms with Crippen LogP contribution in [-0.2, 0) is 28.5 Å². The van der Waals surface area contributed by atoms with E-state index in [1.54, 1.807) is 0 Å². The van der Waals surface area contributed by atoms with Crippen molar-refractivity contribution in [2.24, 2.45) is 5.92 Å². The van der Waals surface area contributed by atoms with Gasteiger partial charge in [-0.25, -0.2) is 0 Å². The summed E-state index contributed by atoms with van der Waals surface area (Å²) in [5.74, 6) is -1.60. The summed E-state index contributed by atoms with van der Waals surface area (Å²) in [6, 6.07) is 0. The maximum atomic E-state index is 11.8. The van der Waals surface area contributed by atoms with Gasteiger partial charge in [0.05, 0.1) is 0 Å². The van der Waals surface area contributed by atoms with Crippen LogP contribution in [0.2, 0.25) is 0 Å². The van der Waals surface area contributed by atoms with E-state index in [0.717, 1.165) is 6.42 Å². The fourth-order valence-corrected chi connectivity index (χ4v) is 2.14. The third-order valence-electron chi connectivity index (χ3n) is 3.43. The first-order valence-corrected chi connectivity index (χ1v) is 8.06. The Morgan fingerprint density at radius 1 is 1.14 bits per heavy atom. The smallest absolute Gasteiger partial charge is 0.305 e. The molecule has 0 radical (unpaired) electrons. The number of hydrogen-bond acceptors (Lipinski definition) is 6. The molecule has 1 aliphatic rings. The van der Waals surface area contributed by atoms with Crippen LogP contribution in [0.1, 0.15) is 47.5 Å². The van der Waals surface area contributed by atoms with Gasteiger partial charge in [0, 0.05) is 19.6 Å². The molecular formula is C16H30O6. The van der Waals surface area contributed by atoms with Crippen molar-refractivity contribution in [2.45, 2.75) is 59.0 Å². The Kier molecular flexibility index (Phi) is 7.76. The molecule has 6 heteroatoms. The van der Waals surface area contributed by atoms with Gasteiger partial charge in [0.25, 0.3) is 0 Å². The highest BCUT2D eigenvalue weighted by molar-refractivity contribution is 5.69. The van der Waals surface area contributed by atoms with Crippen LogP contribution in [-0.4, -0.2) is 50.6 Å². The average Bonchev–Trinajstić information content (AvgIpc) is 2.47. The number of rotatable bonds is 9. The van der Waals surface area contributed by atoms with Gasteiger partial charge in [-0.2, -0.15) is 0 Å². The lowest BCUT2D eigenvalue weighted by molar-refractivity contribution is -0.385. The van der Waals surface area contributed by atoms with Crippen LogP contribution >= 0.6 is 0 Å². The highest BCUT2D eigenvalue weighted by atomic mass is 16.8. The van der Waals surface area contributed by atoms with Crippen LogP contribution in [0.5, 0.6) is 0 Å². The molecule has 0 spiro atoms. The molecule has 0 N–H and O–H groups in total. The lowest BCUT2D eigenvalue weighted by Gasteiger charge is -2.43. The third kappa shape index (κ3) is 6.20. The SMILES string of the molecule is CCOC1(C)COC(COC(=O)CCC(C)C)(OCC)CO1. The summed E-state index contributed by atoms with van der Waals surface area (Å²) in [5.41, 5.74) is 0. The van der Waals surface area contributed by atoms with Crippen LogP contribution in [0.15, 0.2) is 0 Å². The number of hydrogen-bond donors (Lipinski definition) is 0. The number of carbonyl (C=O) groups excluding carboxylic acids is 1. The molecule has 1 heterocycles. The maximum absolute atomic E-state index is 11.8. The molecule has 0 aromatic carbocycles.